The molecule has 0 atom stereocenters. The van der Waals surface area contributed by atoms with Crippen LogP contribution in [0, 0.1) is 0 Å². The zero-order chi connectivity index (χ0) is 15.9. The summed E-state index contributed by atoms with van der Waals surface area (Å²) in [5, 5.41) is 3.71. The molecule has 0 spiro atoms. The molecule has 114 valence electrons. The number of aldehydes is 1. The van der Waals surface area contributed by atoms with Crippen molar-refractivity contribution in [2.45, 2.75) is 6.54 Å². The second-order valence-corrected chi connectivity index (χ2v) is 5.30. The minimum atomic E-state index is -0.313. The summed E-state index contributed by atoms with van der Waals surface area (Å²) in [7, 11) is 0. The lowest BCUT2D eigenvalue weighted by Gasteiger charge is -2.10. The number of rotatable bonds is 6. The van der Waals surface area contributed by atoms with Crippen LogP contribution in [0.1, 0.15) is 15.9 Å². The third kappa shape index (κ3) is 4.48. The number of ether oxygens (including phenoxy) is 1. The Hall–Kier alpha value is -2.04. The van der Waals surface area contributed by atoms with Crippen molar-refractivity contribution in [3.8, 4) is 5.75 Å². The number of hydrogen-bond acceptors (Lipinski definition) is 3. The first-order chi connectivity index (χ1) is 10.6. The largest absolute Gasteiger partial charge is 0.483 e. The molecule has 1 N–H and O–H groups in total. The first-order valence-corrected chi connectivity index (χ1v) is 7.23. The first kappa shape index (κ1) is 16.3. The van der Waals surface area contributed by atoms with Crippen molar-refractivity contribution < 1.29 is 14.3 Å². The molecule has 0 fully saturated rings. The van der Waals surface area contributed by atoms with Gasteiger partial charge in [-0.2, -0.15) is 0 Å². The Morgan fingerprint density at radius 3 is 2.68 bits per heavy atom. The Morgan fingerprint density at radius 1 is 1.18 bits per heavy atom. The van der Waals surface area contributed by atoms with Crippen LogP contribution in [0.15, 0.2) is 42.5 Å². The summed E-state index contributed by atoms with van der Waals surface area (Å²) in [6.45, 7) is 0.0869. The lowest BCUT2D eigenvalue weighted by atomic mass is 10.2. The summed E-state index contributed by atoms with van der Waals surface area (Å²) in [6.07, 6.45) is 0.681. The van der Waals surface area contributed by atoms with Gasteiger partial charge in [0, 0.05) is 16.6 Å². The van der Waals surface area contributed by atoms with E-state index in [1.807, 2.05) is 0 Å². The number of benzene rings is 2. The summed E-state index contributed by atoms with van der Waals surface area (Å²) in [5.74, 6) is 0.0592. The topological polar surface area (TPSA) is 55.4 Å². The van der Waals surface area contributed by atoms with Crippen LogP contribution in [-0.4, -0.2) is 18.8 Å². The van der Waals surface area contributed by atoms with Crippen molar-refractivity contribution >= 4 is 35.4 Å². The number of carbonyl (C=O) groups is 2. The highest BCUT2D eigenvalue weighted by Crippen LogP contribution is 2.20. The van der Waals surface area contributed by atoms with Crippen LogP contribution in [-0.2, 0) is 11.3 Å². The van der Waals surface area contributed by atoms with E-state index in [0.29, 0.717) is 27.6 Å². The van der Waals surface area contributed by atoms with E-state index in [0.717, 1.165) is 5.56 Å². The molecule has 0 aliphatic heterocycles. The molecule has 0 unspecified atom stereocenters. The van der Waals surface area contributed by atoms with Gasteiger partial charge in [0.15, 0.2) is 12.9 Å². The van der Waals surface area contributed by atoms with Crippen molar-refractivity contribution in [2.75, 3.05) is 6.61 Å². The van der Waals surface area contributed by atoms with Crippen LogP contribution in [0.5, 0.6) is 5.75 Å². The molecule has 0 saturated heterocycles. The molecular formula is C16H13Cl2NO3. The Bertz CT molecular complexity index is 689. The van der Waals surface area contributed by atoms with Crippen LogP contribution < -0.4 is 10.1 Å². The van der Waals surface area contributed by atoms with E-state index in [2.05, 4.69) is 5.32 Å². The number of hydrogen-bond donors (Lipinski definition) is 1. The Balaban J connectivity index is 1.87. The molecule has 0 aliphatic rings. The molecule has 0 aromatic heterocycles. The molecule has 2 aromatic carbocycles. The van der Waals surface area contributed by atoms with Gasteiger partial charge in [0.1, 0.15) is 5.75 Å². The van der Waals surface area contributed by atoms with Gasteiger partial charge in [0.25, 0.3) is 5.91 Å². The summed E-state index contributed by atoms with van der Waals surface area (Å²) in [6, 6.07) is 11.8. The third-order valence-corrected chi connectivity index (χ3v) is 3.48. The molecule has 22 heavy (non-hydrogen) atoms. The van der Waals surface area contributed by atoms with E-state index >= 15 is 0 Å². The Kier molecular flexibility index (Phi) is 5.81. The number of amides is 1. The number of halogens is 2. The fourth-order valence-electron chi connectivity index (χ4n) is 1.76. The highest BCUT2D eigenvalue weighted by Gasteiger charge is 2.07. The molecule has 0 radical (unpaired) electrons. The number of nitrogens with one attached hydrogen (secondary N) is 1. The smallest absolute Gasteiger partial charge is 0.258 e. The summed E-state index contributed by atoms with van der Waals surface area (Å²) < 4.78 is 5.33. The third-order valence-electron chi connectivity index (χ3n) is 2.90. The van der Waals surface area contributed by atoms with Crippen molar-refractivity contribution in [1.29, 1.82) is 0 Å². The number of carbonyl (C=O) groups excluding carboxylic acids is 2. The van der Waals surface area contributed by atoms with Gasteiger partial charge in [-0.25, -0.2) is 0 Å². The van der Waals surface area contributed by atoms with Gasteiger partial charge in [-0.15, -0.1) is 0 Å². The normalized spacial score (nSPS) is 10.1. The van der Waals surface area contributed by atoms with Gasteiger partial charge in [0.05, 0.1) is 5.56 Å². The average molecular weight is 338 g/mol. The first-order valence-electron chi connectivity index (χ1n) is 6.48. The highest BCUT2D eigenvalue weighted by molar-refractivity contribution is 6.35. The second-order valence-electron chi connectivity index (χ2n) is 4.46. The van der Waals surface area contributed by atoms with Crippen LogP contribution >= 0.6 is 23.2 Å². The van der Waals surface area contributed by atoms with Crippen LogP contribution in [0.3, 0.4) is 0 Å². The fourth-order valence-corrected chi connectivity index (χ4v) is 2.24. The fraction of sp³-hybridized carbons (Fsp3) is 0.125. The monoisotopic (exact) mass is 337 g/mol. The average Bonchev–Trinajstić information content (AvgIpc) is 2.52. The predicted molar refractivity (Wildman–Crippen MR) is 85.6 cm³/mol. The van der Waals surface area contributed by atoms with E-state index in [1.54, 1.807) is 42.5 Å². The van der Waals surface area contributed by atoms with Gasteiger partial charge >= 0.3 is 0 Å². The van der Waals surface area contributed by atoms with Gasteiger partial charge < -0.3 is 10.1 Å². The van der Waals surface area contributed by atoms with Gasteiger partial charge in [0.2, 0.25) is 0 Å². The molecule has 1 amide bonds. The molecule has 4 nitrogen and oxygen atoms in total. The van der Waals surface area contributed by atoms with Crippen molar-refractivity contribution in [3.63, 3.8) is 0 Å². The van der Waals surface area contributed by atoms with Gasteiger partial charge in [-0.1, -0.05) is 41.4 Å². The lowest BCUT2D eigenvalue weighted by molar-refractivity contribution is -0.123. The number of para-hydroxylation sites is 1. The SMILES string of the molecule is O=Cc1ccccc1OCC(=O)NCc1ccc(Cl)cc1Cl. The van der Waals surface area contributed by atoms with Crippen LogP contribution in [0.4, 0.5) is 0 Å². The summed E-state index contributed by atoms with van der Waals surface area (Å²) in [5.41, 5.74) is 1.16. The zero-order valence-electron chi connectivity index (χ0n) is 11.5. The molecule has 0 heterocycles. The van der Waals surface area contributed by atoms with Gasteiger partial charge in [-0.05, 0) is 29.8 Å². The standard InChI is InChI=1S/C16H13Cl2NO3/c17-13-6-5-11(14(18)7-13)8-19-16(21)10-22-15-4-2-1-3-12(15)9-20/h1-7,9H,8,10H2,(H,19,21). The quantitative estimate of drug-likeness (QED) is 0.820. The van der Waals surface area contributed by atoms with Crippen molar-refractivity contribution in [2.24, 2.45) is 0 Å². The van der Waals surface area contributed by atoms with Crippen molar-refractivity contribution in [1.82, 2.24) is 5.32 Å². The highest BCUT2D eigenvalue weighted by atomic mass is 35.5. The minimum Gasteiger partial charge on any atom is -0.483 e. The van der Waals surface area contributed by atoms with Crippen LogP contribution in [0.25, 0.3) is 0 Å². The minimum absolute atomic E-state index is 0.184. The predicted octanol–water partition coefficient (Wildman–Crippen LogP) is 3.50. The zero-order valence-corrected chi connectivity index (χ0v) is 13.0. The molecule has 2 rings (SSSR count). The van der Waals surface area contributed by atoms with E-state index < -0.39 is 0 Å². The Labute approximate surface area is 138 Å². The van der Waals surface area contributed by atoms with Crippen molar-refractivity contribution in [3.05, 3.63) is 63.6 Å². The van der Waals surface area contributed by atoms with E-state index in [4.69, 9.17) is 27.9 Å². The van der Waals surface area contributed by atoms with Gasteiger partial charge in [-0.3, -0.25) is 9.59 Å². The molecule has 0 saturated carbocycles. The molecule has 0 aliphatic carbocycles. The molecule has 6 heteroatoms. The van der Waals surface area contributed by atoms with E-state index in [-0.39, 0.29) is 19.1 Å². The molecular weight excluding hydrogens is 325 g/mol. The maximum Gasteiger partial charge on any atom is 0.258 e. The van der Waals surface area contributed by atoms with Crippen LogP contribution in [0.2, 0.25) is 10.0 Å². The lowest BCUT2D eigenvalue weighted by Crippen LogP contribution is -2.28. The van der Waals surface area contributed by atoms with E-state index in [1.165, 1.54) is 0 Å². The molecule has 0 bridgehead atoms. The van der Waals surface area contributed by atoms with E-state index in [9.17, 15) is 9.59 Å². The summed E-state index contributed by atoms with van der Waals surface area (Å²) in [4.78, 5) is 22.6. The maximum atomic E-state index is 11.8. The summed E-state index contributed by atoms with van der Waals surface area (Å²) >= 11 is 11.8. The Morgan fingerprint density at radius 2 is 1.95 bits per heavy atom. The molecule has 2 aromatic rings. The second kappa shape index (κ2) is 7.82. The maximum absolute atomic E-state index is 11.8.